The molecule has 0 radical (unpaired) electrons. The van der Waals surface area contributed by atoms with Gasteiger partial charge in [-0.05, 0) is 0 Å². The van der Waals surface area contributed by atoms with Crippen LogP contribution in [0.3, 0.4) is 0 Å². The molecule has 0 amide bonds. The highest BCUT2D eigenvalue weighted by Crippen LogP contribution is 2.31. The molecule has 0 aliphatic rings. The number of aromatic nitrogens is 1. The predicted molar refractivity (Wildman–Crippen MR) is 110 cm³/mol. The topological polar surface area (TPSA) is 161 Å². The molecule has 0 fully saturated rings. The Hall–Kier alpha value is -3.35. The van der Waals surface area contributed by atoms with E-state index < -0.39 is 60.9 Å². The maximum atomic E-state index is 11.9. The number of hydrogen-bond donors (Lipinski definition) is 0. The molecule has 1 aromatic heterocycles. The minimum atomic E-state index is -1.59. The summed E-state index contributed by atoms with van der Waals surface area (Å²) >= 11 is 0.953. The second-order valence-electron chi connectivity index (χ2n) is 6.76. The van der Waals surface area contributed by atoms with Crippen LogP contribution in [-0.2, 0) is 47.7 Å². The van der Waals surface area contributed by atoms with Crippen molar-refractivity contribution in [3.05, 3.63) is 16.1 Å². The number of rotatable bonds is 11. The number of carbonyl (C=O) groups excluding carboxylic acids is 6. The molecule has 12 nitrogen and oxygen atoms in total. The molecule has 0 aliphatic carbocycles. The third-order valence-electron chi connectivity index (χ3n) is 3.77. The molecule has 0 saturated carbocycles. The van der Waals surface area contributed by atoms with E-state index in [1.54, 1.807) is 0 Å². The number of thiazole rings is 1. The SMILES string of the molecule is CC(=O)OC[C@@H](OC(C)=O)[C@@H](OC(C)=O)[C@@H](OC(C)=O)[C@H](OC(C)=O)c1csc(C(C)=O)n1. The van der Waals surface area contributed by atoms with E-state index in [0.717, 1.165) is 46.0 Å². The van der Waals surface area contributed by atoms with Gasteiger partial charge in [0.05, 0.1) is 5.69 Å². The molecule has 182 valence electrons. The first kappa shape index (κ1) is 27.7. The molecule has 1 heterocycles. The van der Waals surface area contributed by atoms with Crippen molar-refractivity contribution >= 4 is 47.0 Å². The maximum absolute atomic E-state index is 11.9. The Morgan fingerprint density at radius 2 is 1.27 bits per heavy atom. The zero-order chi connectivity index (χ0) is 25.3. The van der Waals surface area contributed by atoms with E-state index in [1.807, 2.05) is 0 Å². The largest absolute Gasteiger partial charge is 0.462 e. The lowest BCUT2D eigenvalue weighted by molar-refractivity contribution is -0.203. The Morgan fingerprint density at radius 3 is 1.70 bits per heavy atom. The fourth-order valence-electron chi connectivity index (χ4n) is 2.70. The normalized spacial score (nSPS) is 14.1. The third-order valence-corrected chi connectivity index (χ3v) is 4.73. The van der Waals surface area contributed by atoms with Crippen LogP contribution in [-0.4, -0.2) is 65.5 Å². The van der Waals surface area contributed by atoms with Crippen LogP contribution in [0.25, 0.3) is 0 Å². The van der Waals surface area contributed by atoms with Crippen LogP contribution in [0.1, 0.15) is 63.1 Å². The molecule has 33 heavy (non-hydrogen) atoms. The van der Waals surface area contributed by atoms with Gasteiger partial charge in [0.2, 0.25) is 0 Å². The van der Waals surface area contributed by atoms with E-state index >= 15 is 0 Å². The minimum Gasteiger partial charge on any atom is -0.462 e. The van der Waals surface area contributed by atoms with E-state index in [4.69, 9.17) is 23.7 Å². The summed E-state index contributed by atoms with van der Waals surface area (Å²) < 4.78 is 26.0. The summed E-state index contributed by atoms with van der Waals surface area (Å²) in [5, 5.41) is 1.49. The number of carbonyl (C=O) groups is 6. The Kier molecular flexibility index (Phi) is 10.6. The summed E-state index contributed by atoms with van der Waals surface area (Å²) in [4.78, 5) is 74.5. The molecule has 0 bridgehead atoms. The molecular weight excluding hydrogens is 462 g/mol. The van der Waals surface area contributed by atoms with Crippen molar-refractivity contribution in [1.82, 2.24) is 4.98 Å². The van der Waals surface area contributed by atoms with Gasteiger partial charge in [0, 0.05) is 46.9 Å². The van der Waals surface area contributed by atoms with Gasteiger partial charge in [0.25, 0.3) is 0 Å². The van der Waals surface area contributed by atoms with Crippen LogP contribution in [0, 0.1) is 0 Å². The van der Waals surface area contributed by atoms with Gasteiger partial charge >= 0.3 is 29.8 Å². The van der Waals surface area contributed by atoms with Gasteiger partial charge in [-0.1, -0.05) is 0 Å². The highest BCUT2D eigenvalue weighted by atomic mass is 32.1. The van der Waals surface area contributed by atoms with E-state index in [2.05, 4.69) is 4.98 Å². The summed E-state index contributed by atoms with van der Waals surface area (Å²) in [5.41, 5.74) is 0.0258. The number of esters is 5. The molecule has 0 saturated heterocycles. The Morgan fingerprint density at radius 1 is 0.758 bits per heavy atom. The Balaban J connectivity index is 3.61. The quantitative estimate of drug-likeness (QED) is 0.250. The average Bonchev–Trinajstić information content (AvgIpc) is 3.15. The van der Waals surface area contributed by atoms with Gasteiger partial charge in [-0.2, -0.15) is 0 Å². The first-order valence-corrected chi connectivity index (χ1v) is 10.5. The van der Waals surface area contributed by atoms with Gasteiger partial charge in [-0.15, -0.1) is 11.3 Å². The van der Waals surface area contributed by atoms with Crippen molar-refractivity contribution in [3.63, 3.8) is 0 Å². The van der Waals surface area contributed by atoms with Crippen molar-refractivity contribution in [1.29, 1.82) is 0 Å². The monoisotopic (exact) mass is 487 g/mol. The first-order chi connectivity index (χ1) is 15.3. The van der Waals surface area contributed by atoms with Crippen molar-refractivity contribution in [2.24, 2.45) is 0 Å². The zero-order valence-corrected chi connectivity index (χ0v) is 19.8. The van der Waals surface area contributed by atoms with Crippen LogP contribution in [0.2, 0.25) is 0 Å². The predicted octanol–water partition coefficient (Wildman–Crippen LogP) is 1.31. The second kappa shape index (κ2) is 12.6. The summed E-state index contributed by atoms with van der Waals surface area (Å²) in [7, 11) is 0. The van der Waals surface area contributed by atoms with Crippen molar-refractivity contribution in [3.8, 4) is 0 Å². The van der Waals surface area contributed by atoms with Crippen molar-refractivity contribution in [2.45, 2.75) is 66.0 Å². The molecule has 1 rings (SSSR count). The van der Waals surface area contributed by atoms with Gasteiger partial charge in [-0.25, -0.2) is 4.98 Å². The number of ketones is 1. The van der Waals surface area contributed by atoms with Crippen LogP contribution < -0.4 is 0 Å². The molecule has 0 spiro atoms. The Bertz CT molecular complexity index is 910. The van der Waals surface area contributed by atoms with Crippen LogP contribution in [0.5, 0.6) is 0 Å². The van der Waals surface area contributed by atoms with E-state index in [1.165, 1.54) is 12.3 Å². The van der Waals surface area contributed by atoms with Crippen LogP contribution >= 0.6 is 11.3 Å². The van der Waals surface area contributed by atoms with Crippen molar-refractivity contribution < 1.29 is 52.5 Å². The highest BCUT2D eigenvalue weighted by molar-refractivity contribution is 7.11. The fourth-order valence-corrected chi connectivity index (χ4v) is 3.44. The van der Waals surface area contributed by atoms with Gasteiger partial charge in [-0.3, -0.25) is 28.8 Å². The molecule has 0 N–H and O–H groups in total. The maximum Gasteiger partial charge on any atom is 0.303 e. The standard InChI is InChI=1S/C20H25NO11S/c1-9(22)20-21-15(8-33-20)17(30-12(4)25)19(32-14(6)27)18(31-13(5)26)16(29-11(3)24)7-28-10(2)23/h8,16-19H,7H2,1-6H3/t16-,17-,18-,19+/m1/s1. The zero-order valence-electron chi connectivity index (χ0n) is 18.9. The molecule has 0 aromatic carbocycles. The molecule has 0 unspecified atom stereocenters. The third kappa shape index (κ3) is 9.35. The summed E-state index contributed by atoms with van der Waals surface area (Å²) in [6, 6.07) is 0. The van der Waals surface area contributed by atoms with Gasteiger partial charge < -0.3 is 23.7 Å². The molecule has 13 heteroatoms. The first-order valence-electron chi connectivity index (χ1n) is 9.60. The van der Waals surface area contributed by atoms with Crippen LogP contribution in [0.4, 0.5) is 0 Å². The molecule has 4 atom stereocenters. The summed E-state index contributed by atoms with van der Waals surface area (Å²) in [5.74, 6) is -4.42. The minimum absolute atomic E-state index is 0.0258. The smallest absolute Gasteiger partial charge is 0.303 e. The second-order valence-corrected chi connectivity index (χ2v) is 7.62. The fraction of sp³-hybridized carbons (Fsp3) is 0.550. The highest BCUT2D eigenvalue weighted by Gasteiger charge is 2.45. The number of hydrogen-bond acceptors (Lipinski definition) is 13. The van der Waals surface area contributed by atoms with E-state index in [9.17, 15) is 28.8 Å². The lowest BCUT2D eigenvalue weighted by atomic mass is 10.00. The van der Waals surface area contributed by atoms with E-state index in [0.29, 0.717) is 0 Å². The van der Waals surface area contributed by atoms with Gasteiger partial charge in [0.15, 0.2) is 35.2 Å². The number of ether oxygens (including phenoxy) is 5. The number of nitrogens with zero attached hydrogens (tertiary/aromatic N) is 1. The summed E-state index contributed by atoms with van der Waals surface area (Å²) in [6.07, 6.45) is -6.07. The average molecular weight is 487 g/mol. The van der Waals surface area contributed by atoms with Gasteiger partial charge in [0.1, 0.15) is 6.61 Å². The lowest BCUT2D eigenvalue weighted by Crippen LogP contribution is -2.50. The molecule has 1 aromatic rings. The Labute approximate surface area is 193 Å². The van der Waals surface area contributed by atoms with Crippen molar-refractivity contribution in [2.75, 3.05) is 6.61 Å². The molecular formula is C20H25NO11S. The van der Waals surface area contributed by atoms with E-state index in [-0.39, 0.29) is 16.5 Å². The summed E-state index contributed by atoms with van der Waals surface area (Å²) in [6.45, 7) is 6.08. The molecule has 0 aliphatic heterocycles. The van der Waals surface area contributed by atoms with Crippen LogP contribution in [0.15, 0.2) is 5.38 Å². The number of Topliss-reactive ketones (excluding diaryl/α,β-unsaturated/α-hetero) is 1. The lowest BCUT2D eigenvalue weighted by Gasteiger charge is -2.34.